The second kappa shape index (κ2) is 7.07. The van der Waals surface area contributed by atoms with Crippen LogP contribution in [0.5, 0.6) is 0 Å². The average molecular weight is 376 g/mol. The molecule has 3 heterocycles. The predicted octanol–water partition coefficient (Wildman–Crippen LogP) is 3.67. The molecule has 0 saturated carbocycles. The van der Waals surface area contributed by atoms with Gasteiger partial charge in [0, 0.05) is 29.3 Å². The van der Waals surface area contributed by atoms with Crippen LogP contribution in [0.15, 0.2) is 54.9 Å². The molecule has 0 fully saturated rings. The minimum absolute atomic E-state index is 0.273. The summed E-state index contributed by atoms with van der Waals surface area (Å²) >= 11 is 0. The Balaban J connectivity index is 1.53. The Labute approximate surface area is 160 Å². The zero-order valence-electron chi connectivity index (χ0n) is 15.3. The summed E-state index contributed by atoms with van der Waals surface area (Å²) in [6, 6.07) is 11.6. The van der Waals surface area contributed by atoms with Gasteiger partial charge < -0.3 is 5.32 Å². The molecule has 2 N–H and O–H groups in total. The summed E-state index contributed by atoms with van der Waals surface area (Å²) in [6.07, 6.45) is 3.30. The Morgan fingerprint density at radius 1 is 1.11 bits per heavy atom. The Morgan fingerprint density at radius 3 is 2.57 bits per heavy atom. The fraction of sp³-hybridized carbons (Fsp3) is 0.100. The molecule has 0 radical (unpaired) electrons. The summed E-state index contributed by atoms with van der Waals surface area (Å²) in [6.45, 7) is 3.70. The molecular formula is C20H17FN6O. The van der Waals surface area contributed by atoms with Crippen molar-refractivity contribution < 1.29 is 9.18 Å². The first-order chi connectivity index (χ1) is 13.5. The average Bonchev–Trinajstić information content (AvgIpc) is 3.29. The van der Waals surface area contributed by atoms with Gasteiger partial charge in [0.05, 0.1) is 11.4 Å². The summed E-state index contributed by atoms with van der Waals surface area (Å²) in [5.41, 5.74) is 4.03. The van der Waals surface area contributed by atoms with Gasteiger partial charge in [0.1, 0.15) is 11.4 Å². The number of carbonyl (C=O) groups excluding carboxylic acids is 1. The molecule has 4 aromatic rings. The lowest BCUT2D eigenvalue weighted by Gasteiger charge is -2.09. The second-order valence-electron chi connectivity index (χ2n) is 6.36. The highest BCUT2D eigenvalue weighted by Crippen LogP contribution is 2.21. The normalized spacial score (nSPS) is 10.8. The van der Waals surface area contributed by atoms with Crippen LogP contribution in [-0.4, -0.2) is 30.9 Å². The Bertz CT molecular complexity index is 1150. The van der Waals surface area contributed by atoms with E-state index in [1.54, 1.807) is 42.7 Å². The molecule has 140 valence electrons. The molecule has 0 bridgehead atoms. The largest absolute Gasteiger partial charge is 0.321 e. The number of aromatic nitrogens is 5. The third-order valence-electron chi connectivity index (χ3n) is 4.24. The maximum absolute atomic E-state index is 14.6. The highest BCUT2D eigenvalue weighted by molar-refractivity contribution is 6.03. The number of hydrogen-bond acceptors (Lipinski definition) is 4. The van der Waals surface area contributed by atoms with E-state index >= 15 is 0 Å². The fourth-order valence-corrected chi connectivity index (χ4v) is 2.94. The number of carbonyl (C=O) groups is 1. The number of pyridine rings is 1. The van der Waals surface area contributed by atoms with E-state index in [4.69, 9.17) is 0 Å². The summed E-state index contributed by atoms with van der Waals surface area (Å²) < 4.78 is 16.1. The summed E-state index contributed by atoms with van der Waals surface area (Å²) in [5, 5.41) is 13.8. The molecule has 0 aliphatic rings. The Morgan fingerprint density at radius 2 is 1.89 bits per heavy atom. The molecule has 7 nitrogen and oxygen atoms in total. The molecule has 1 amide bonds. The highest BCUT2D eigenvalue weighted by Gasteiger charge is 2.14. The molecule has 0 aliphatic heterocycles. The van der Waals surface area contributed by atoms with Crippen LogP contribution in [0.4, 0.5) is 10.1 Å². The molecule has 4 rings (SSSR count). The van der Waals surface area contributed by atoms with Crippen LogP contribution in [0.25, 0.3) is 16.9 Å². The molecule has 0 atom stereocenters. The van der Waals surface area contributed by atoms with E-state index in [2.05, 4.69) is 25.6 Å². The number of aromatic amines is 1. The number of anilines is 1. The van der Waals surface area contributed by atoms with Crippen LogP contribution < -0.4 is 5.32 Å². The molecular weight excluding hydrogens is 359 g/mol. The van der Waals surface area contributed by atoms with Crippen molar-refractivity contribution in [2.45, 2.75) is 13.8 Å². The number of nitrogens with one attached hydrogen (secondary N) is 2. The number of hydrogen-bond donors (Lipinski definition) is 2. The lowest BCUT2D eigenvalue weighted by atomic mass is 10.2. The number of benzene rings is 1. The zero-order valence-corrected chi connectivity index (χ0v) is 15.3. The first-order valence-electron chi connectivity index (χ1n) is 8.61. The number of rotatable bonds is 4. The van der Waals surface area contributed by atoms with Crippen molar-refractivity contribution in [3.8, 4) is 16.9 Å². The van der Waals surface area contributed by atoms with E-state index in [-0.39, 0.29) is 5.69 Å². The van der Waals surface area contributed by atoms with E-state index in [9.17, 15) is 9.18 Å². The van der Waals surface area contributed by atoms with Gasteiger partial charge in [-0.25, -0.2) is 9.07 Å². The third-order valence-corrected chi connectivity index (χ3v) is 4.24. The topological polar surface area (TPSA) is 88.5 Å². The van der Waals surface area contributed by atoms with Crippen molar-refractivity contribution >= 4 is 11.6 Å². The number of nitrogens with zero attached hydrogens (tertiary/aromatic N) is 4. The molecule has 0 spiro atoms. The lowest BCUT2D eigenvalue weighted by Crippen LogP contribution is -2.13. The van der Waals surface area contributed by atoms with Crippen molar-refractivity contribution in [2.75, 3.05) is 5.32 Å². The molecule has 0 saturated heterocycles. The van der Waals surface area contributed by atoms with E-state index in [1.807, 2.05) is 19.9 Å². The number of H-pyrrole nitrogens is 1. The Hall–Kier alpha value is -3.81. The van der Waals surface area contributed by atoms with Crippen LogP contribution in [0.3, 0.4) is 0 Å². The fourth-order valence-electron chi connectivity index (χ4n) is 2.94. The molecule has 28 heavy (non-hydrogen) atoms. The standard InChI is InChI=1S/C20H17FN6O/c1-12-9-13(2)27(26-12)19-4-3-15(10-16(19)21)23-20(28)18-11-17(24-25-18)14-5-7-22-8-6-14/h3-11H,1-2H3,(H,23,28)(H,24,25). The Kier molecular flexibility index (Phi) is 4.44. The van der Waals surface area contributed by atoms with Crippen molar-refractivity contribution in [1.82, 2.24) is 25.0 Å². The van der Waals surface area contributed by atoms with Gasteiger partial charge in [-0.3, -0.25) is 14.9 Å². The van der Waals surface area contributed by atoms with Gasteiger partial charge in [-0.2, -0.15) is 10.2 Å². The van der Waals surface area contributed by atoms with Gasteiger partial charge in [-0.05, 0) is 56.3 Å². The maximum Gasteiger partial charge on any atom is 0.273 e. The number of halogens is 1. The minimum Gasteiger partial charge on any atom is -0.321 e. The van der Waals surface area contributed by atoms with Crippen molar-refractivity contribution in [3.05, 3.63) is 77.8 Å². The molecule has 8 heteroatoms. The van der Waals surface area contributed by atoms with Crippen molar-refractivity contribution in [2.24, 2.45) is 0 Å². The van der Waals surface area contributed by atoms with Gasteiger partial charge in [0.2, 0.25) is 0 Å². The van der Waals surface area contributed by atoms with Gasteiger partial charge in [-0.1, -0.05) is 0 Å². The van der Waals surface area contributed by atoms with Crippen LogP contribution in [0.1, 0.15) is 21.9 Å². The van der Waals surface area contributed by atoms with Crippen molar-refractivity contribution in [3.63, 3.8) is 0 Å². The van der Waals surface area contributed by atoms with Gasteiger partial charge in [0.25, 0.3) is 5.91 Å². The molecule has 0 aliphatic carbocycles. The minimum atomic E-state index is -0.480. The van der Waals surface area contributed by atoms with Crippen molar-refractivity contribution in [1.29, 1.82) is 0 Å². The maximum atomic E-state index is 14.6. The van der Waals surface area contributed by atoms with E-state index in [0.29, 0.717) is 17.1 Å². The lowest BCUT2D eigenvalue weighted by molar-refractivity contribution is 0.102. The molecule has 1 aromatic carbocycles. The van der Waals surface area contributed by atoms with Crippen LogP contribution in [-0.2, 0) is 0 Å². The number of amides is 1. The predicted molar refractivity (Wildman–Crippen MR) is 103 cm³/mol. The highest BCUT2D eigenvalue weighted by atomic mass is 19.1. The second-order valence-corrected chi connectivity index (χ2v) is 6.36. The summed E-state index contributed by atoms with van der Waals surface area (Å²) in [4.78, 5) is 16.4. The van der Waals surface area contributed by atoms with Crippen LogP contribution in [0, 0.1) is 19.7 Å². The summed E-state index contributed by atoms with van der Waals surface area (Å²) in [5.74, 6) is -0.892. The van der Waals surface area contributed by atoms with E-state index in [1.165, 1.54) is 10.7 Å². The van der Waals surface area contributed by atoms with Gasteiger partial charge >= 0.3 is 0 Å². The zero-order chi connectivity index (χ0) is 19.7. The number of aryl methyl sites for hydroxylation is 2. The van der Waals surface area contributed by atoms with Gasteiger partial charge in [0.15, 0.2) is 5.82 Å². The smallest absolute Gasteiger partial charge is 0.273 e. The van der Waals surface area contributed by atoms with Crippen LogP contribution in [0.2, 0.25) is 0 Å². The first kappa shape index (κ1) is 17.6. The molecule has 3 aromatic heterocycles. The monoisotopic (exact) mass is 376 g/mol. The first-order valence-corrected chi connectivity index (χ1v) is 8.61. The van der Waals surface area contributed by atoms with E-state index in [0.717, 1.165) is 17.0 Å². The summed E-state index contributed by atoms with van der Waals surface area (Å²) in [7, 11) is 0. The molecule has 0 unspecified atom stereocenters. The van der Waals surface area contributed by atoms with Crippen LogP contribution >= 0.6 is 0 Å². The SMILES string of the molecule is Cc1cc(C)n(-c2ccc(NC(=O)c3cc(-c4ccncc4)n[nH]3)cc2F)n1. The third kappa shape index (κ3) is 3.39. The van der Waals surface area contributed by atoms with E-state index < -0.39 is 11.7 Å². The van der Waals surface area contributed by atoms with Gasteiger partial charge in [-0.15, -0.1) is 0 Å². The quantitative estimate of drug-likeness (QED) is 0.569.